The Kier molecular flexibility index (Phi) is 5.89. The number of pyridine rings is 2. The number of hydrogen-bond donors (Lipinski definition) is 1. The van der Waals surface area contributed by atoms with E-state index in [0.717, 1.165) is 44.1 Å². The predicted octanol–water partition coefficient (Wildman–Crippen LogP) is 3.58. The number of cyclic esters (lactones) is 1. The van der Waals surface area contributed by atoms with Gasteiger partial charge in [0.15, 0.2) is 5.60 Å². The standard InChI is InChI=1S/C29H33N3O4Si/c1-4-29(35)22-15-24-25-20(16-32(24)26(33)21(22)17-36-27(29)34)18(19-9-5-6-10-23(19)30-25)11-14-37-28(2,3)31-12-7-8-13-31/h5-6,9-10,15,35H,4,7-8,11-14,16-17H2,1-3H3/t29-/m0/s1. The van der Waals surface area contributed by atoms with Gasteiger partial charge in [-0.15, -0.1) is 0 Å². The van der Waals surface area contributed by atoms with Gasteiger partial charge in [-0.05, 0) is 56.5 Å². The molecule has 6 rings (SSSR count). The molecule has 5 heterocycles. The van der Waals surface area contributed by atoms with E-state index in [1.807, 2.05) is 18.2 Å². The molecule has 0 amide bonds. The van der Waals surface area contributed by atoms with Crippen molar-refractivity contribution in [1.82, 2.24) is 14.5 Å². The topological polar surface area (TPSA) is 84.7 Å². The van der Waals surface area contributed by atoms with Crippen molar-refractivity contribution in [1.29, 1.82) is 0 Å². The number of carbonyl (C=O) groups is 1. The normalized spacial score (nSPS) is 21.1. The maximum absolute atomic E-state index is 13.6. The SMILES string of the molecule is CC[C@@]1(O)C(=O)OCc2c1cc1n(c2=O)Cc2c-1nc1ccccc1c2CC[Si]C(C)(C)N1CCCC1. The van der Waals surface area contributed by atoms with Gasteiger partial charge in [0.1, 0.15) is 6.61 Å². The molecular formula is C29H33N3O4Si. The average Bonchev–Trinajstić information content (AvgIpc) is 3.56. The summed E-state index contributed by atoms with van der Waals surface area (Å²) < 4.78 is 6.96. The molecule has 7 nitrogen and oxygen atoms in total. The first kappa shape index (κ1) is 24.5. The van der Waals surface area contributed by atoms with E-state index in [0.29, 0.717) is 23.4 Å². The van der Waals surface area contributed by atoms with E-state index in [4.69, 9.17) is 9.72 Å². The summed E-state index contributed by atoms with van der Waals surface area (Å²) in [5.74, 6) is -0.696. The highest BCUT2D eigenvalue weighted by molar-refractivity contribution is 6.39. The van der Waals surface area contributed by atoms with Gasteiger partial charge in [0.05, 0.1) is 38.5 Å². The molecule has 0 saturated carbocycles. The number of esters is 1. The van der Waals surface area contributed by atoms with Gasteiger partial charge in [-0.25, -0.2) is 9.78 Å². The number of carbonyl (C=O) groups excluding carboxylic acids is 1. The largest absolute Gasteiger partial charge is 0.458 e. The number of ether oxygens (including phenoxy) is 1. The number of likely N-dealkylation sites (tertiary alicyclic amines) is 1. The number of aromatic nitrogens is 2. The van der Waals surface area contributed by atoms with Gasteiger partial charge in [-0.1, -0.05) is 45.0 Å². The Bertz CT molecular complexity index is 1470. The molecule has 2 aromatic heterocycles. The van der Waals surface area contributed by atoms with Crippen LogP contribution >= 0.6 is 0 Å². The zero-order chi connectivity index (χ0) is 25.9. The molecule has 37 heavy (non-hydrogen) atoms. The van der Waals surface area contributed by atoms with Gasteiger partial charge >= 0.3 is 5.97 Å². The Morgan fingerprint density at radius 1 is 1.16 bits per heavy atom. The Labute approximate surface area is 219 Å². The summed E-state index contributed by atoms with van der Waals surface area (Å²) in [4.78, 5) is 33.7. The molecule has 2 radical (unpaired) electrons. The van der Waals surface area contributed by atoms with Crippen LogP contribution < -0.4 is 5.56 Å². The molecule has 3 aliphatic heterocycles. The van der Waals surface area contributed by atoms with Crippen molar-refractivity contribution in [2.45, 2.75) is 76.4 Å². The van der Waals surface area contributed by atoms with Crippen LogP contribution in [-0.4, -0.2) is 53.3 Å². The quantitative estimate of drug-likeness (QED) is 0.312. The van der Waals surface area contributed by atoms with Gasteiger partial charge in [0.25, 0.3) is 5.56 Å². The number of benzene rings is 1. The summed E-state index contributed by atoms with van der Waals surface area (Å²) in [6.45, 7) is 9.17. The molecule has 3 aromatic rings. The van der Waals surface area contributed by atoms with Crippen molar-refractivity contribution in [3.8, 4) is 11.4 Å². The molecule has 1 fully saturated rings. The van der Waals surface area contributed by atoms with Crippen LogP contribution in [0.15, 0.2) is 35.1 Å². The maximum Gasteiger partial charge on any atom is 0.343 e. The Hall–Kier alpha value is -2.81. The summed E-state index contributed by atoms with van der Waals surface area (Å²) in [7, 11) is 0.805. The van der Waals surface area contributed by atoms with E-state index in [1.54, 1.807) is 17.6 Å². The lowest BCUT2D eigenvalue weighted by Crippen LogP contribution is -2.46. The number of aryl methyl sites for hydroxylation is 1. The molecule has 1 atom stereocenters. The van der Waals surface area contributed by atoms with Gasteiger partial charge < -0.3 is 19.3 Å². The zero-order valence-corrected chi connectivity index (χ0v) is 22.8. The van der Waals surface area contributed by atoms with E-state index in [-0.39, 0.29) is 23.7 Å². The molecule has 0 aliphatic carbocycles. The number of fused-ring (bicyclic) bond motifs is 5. The average molecular weight is 516 g/mol. The van der Waals surface area contributed by atoms with Crippen molar-refractivity contribution in [2.24, 2.45) is 0 Å². The molecule has 1 N–H and O–H groups in total. The van der Waals surface area contributed by atoms with E-state index >= 15 is 0 Å². The van der Waals surface area contributed by atoms with Gasteiger partial charge in [-0.3, -0.25) is 4.79 Å². The zero-order valence-electron chi connectivity index (χ0n) is 21.8. The molecule has 8 heteroatoms. The first-order valence-electron chi connectivity index (χ1n) is 13.3. The molecule has 1 saturated heterocycles. The second kappa shape index (κ2) is 8.89. The third-order valence-electron chi connectivity index (χ3n) is 8.54. The Morgan fingerprint density at radius 3 is 2.68 bits per heavy atom. The molecule has 0 bridgehead atoms. The monoisotopic (exact) mass is 515 g/mol. The molecule has 0 spiro atoms. The van der Waals surface area contributed by atoms with Crippen molar-refractivity contribution < 1.29 is 14.6 Å². The second-order valence-electron chi connectivity index (χ2n) is 11.0. The highest BCUT2D eigenvalue weighted by Crippen LogP contribution is 2.40. The number of para-hydroxylation sites is 1. The Balaban J connectivity index is 1.43. The first-order valence-corrected chi connectivity index (χ1v) is 14.5. The highest BCUT2D eigenvalue weighted by atomic mass is 28.2. The minimum Gasteiger partial charge on any atom is -0.458 e. The van der Waals surface area contributed by atoms with Crippen molar-refractivity contribution in [3.63, 3.8) is 0 Å². The third-order valence-corrected chi connectivity index (χ3v) is 10.2. The van der Waals surface area contributed by atoms with Crippen molar-refractivity contribution in [3.05, 3.63) is 62.9 Å². The third kappa shape index (κ3) is 3.80. The molecule has 1 aromatic carbocycles. The lowest BCUT2D eigenvalue weighted by atomic mass is 9.86. The van der Waals surface area contributed by atoms with Crippen LogP contribution in [0.2, 0.25) is 6.04 Å². The second-order valence-corrected chi connectivity index (χ2v) is 13.0. The fourth-order valence-corrected chi connectivity index (χ4v) is 7.71. The predicted molar refractivity (Wildman–Crippen MR) is 144 cm³/mol. The summed E-state index contributed by atoms with van der Waals surface area (Å²) in [5, 5.41) is 12.5. The van der Waals surface area contributed by atoms with Crippen LogP contribution in [0.4, 0.5) is 0 Å². The van der Waals surface area contributed by atoms with Crippen molar-refractivity contribution in [2.75, 3.05) is 13.1 Å². The van der Waals surface area contributed by atoms with Gasteiger partial charge in [-0.2, -0.15) is 0 Å². The number of aliphatic hydroxyl groups is 1. The van der Waals surface area contributed by atoms with Crippen molar-refractivity contribution >= 4 is 26.4 Å². The lowest BCUT2D eigenvalue weighted by molar-refractivity contribution is -0.172. The van der Waals surface area contributed by atoms with Crippen LogP contribution in [0.3, 0.4) is 0 Å². The maximum atomic E-state index is 13.6. The number of nitrogens with zero attached hydrogens (tertiary/aromatic N) is 3. The van der Waals surface area contributed by atoms with Crippen LogP contribution in [0.1, 0.15) is 62.3 Å². The fourth-order valence-electron chi connectivity index (χ4n) is 6.28. The first-order chi connectivity index (χ1) is 17.7. The van der Waals surface area contributed by atoms with E-state index in [1.165, 1.54) is 31.5 Å². The van der Waals surface area contributed by atoms with Crippen LogP contribution in [0.25, 0.3) is 22.3 Å². The molecule has 0 unspecified atom stereocenters. The highest BCUT2D eigenvalue weighted by Gasteiger charge is 2.45. The number of hydrogen-bond acceptors (Lipinski definition) is 6. The summed E-state index contributed by atoms with van der Waals surface area (Å²) in [6.07, 6.45) is 3.64. The summed E-state index contributed by atoms with van der Waals surface area (Å²) in [6, 6.07) is 11.1. The van der Waals surface area contributed by atoms with Crippen LogP contribution in [-0.2, 0) is 34.7 Å². The minimum absolute atomic E-state index is 0.110. The van der Waals surface area contributed by atoms with E-state index < -0.39 is 11.6 Å². The van der Waals surface area contributed by atoms with Crippen LogP contribution in [0.5, 0.6) is 0 Å². The fraction of sp³-hybridized carbons (Fsp3) is 0.483. The molecule has 192 valence electrons. The van der Waals surface area contributed by atoms with E-state index in [2.05, 4.69) is 24.8 Å². The van der Waals surface area contributed by atoms with Crippen LogP contribution in [0, 0.1) is 0 Å². The minimum atomic E-state index is -1.81. The summed E-state index contributed by atoms with van der Waals surface area (Å²) in [5.41, 5.74) is 3.40. The smallest absolute Gasteiger partial charge is 0.343 e. The molecule has 3 aliphatic rings. The Morgan fingerprint density at radius 2 is 1.92 bits per heavy atom. The summed E-state index contributed by atoms with van der Waals surface area (Å²) >= 11 is 0. The van der Waals surface area contributed by atoms with Gasteiger partial charge in [0.2, 0.25) is 0 Å². The van der Waals surface area contributed by atoms with Gasteiger partial charge in [0, 0.05) is 21.7 Å². The molecular weight excluding hydrogens is 482 g/mol. The number of rotatable bonds is 6. The lowest BCUT2D eigenvalue weighted by Gasteiger charge is -2.35. The van der Waals surface area contributed by atoms with E-state index in [9.17, 15) is 14.7 Å².